The topological polar surface area (TPSA) is 117 Å². The van der Waals surface area contributed by atoms with Gasteiger partial charge < -0.3 is 14.6 Å². The van der Waals surface area contributed by atoms with Crippen molar-refractivity contribution in [3.63, 3.8) is 0 Å². The van der Waals surface area contributed by atoms with E-state index in [9.17, 15) is 22.8 Å². The van der Waals surface area contributed by atoms with E-state index >= 15 is 0 Å². The van der Waals surface area contributed by atoms with Gasteiger partial charge in [-0.25, -0.2) is 13.2 Å². The minimum absolute atomic E-state index is 0.0201. The van der Waals surface area contributed by atoms with Gasteiger partial charge in [0, 0.05) is 17.5 Å². The number of urea groups is 1. The molecule has 1 aliphatic carbocycles. The fourth-order valence-electron chi connectivity index (χ4n) is 4.51. The fourth-order valence-corrected chi connectivity index (χ4v) is 6.22. The quantitative estimate of drug-likeness (QED) is 0.695. The summed E-state index contributed by atoms with van der Waals surface area (Å²) in [4.78, 5) is 41.4. The average molecular weight is 445 g/mol. The lowest BCUT2D eigenvalue weighted by molar-refractivity contribution is -0.140. The van der Waals surface area contributed by atoms with E-state index in [2.05, 4.69) is 5.32 Å². The van der Waals surface area contributed by atoms with Crippen LogP contribution in [0.3, 0.4) is 0 Å². The lowest BCUT2D eigenvalue weighted by atomic mass is 9.99. The van der Waals surface area contributed by atoms with Crippen LogP contribution in [0.25, 0.3) is 11.0 Å². The van der Waals surface area contributed by atoms with E-state index in [0.717, 1.165) is 23.1 Å². The molecule has 2 aromatic rings. The maximum atomic E-state index is 13.2. The number of hydrogen-bond donors (Lipinski definition) is 1. The first-order valence-corrected chi connectivity index (χ1v) is 12.1. The number of benzene rings is 1. The van der Waals surface area contributed by atoms with Crippen molar-refractivity contribution < 1.29 is 27.2 Å². The molecule has 3 heterocycles. The van der Waals surface area contributed by atoms with Crippen LogP contribution < -0.4 is 5.32 Å². The molecule has 2 saturated heterocycles. The maximum absolute atomic E-state index is 13.2. The van der Waals surface area contributed by atoms with Gasteiger partial charge in [-0.2, -0.15) is 0 Å². The van der Waals surface area contributed by atoms with E-state index in [1.807, 2.05) is 18.2 Å². The molecule has 0 bridgehead atoms. The van der Waals surface area contributed by atoms with Gasteiger partial charge in [0.1, 0.15) is 17.9 Å². The molecule has 164 valence electrons. The number of nitrogens with zero attached hydrogens (tertiary/aromatic N) is 2. The summed E-state index contributed by atoms with van der Waals surface area (Å²) < 4.78 is 29.6. The molecule has 31 heavy (non-hydrogen) atoms. The van der Waals surface area contributed by atoms with Crippen LogP contribution in [0.2, 0.25) is 0 Å². The number of nitrogens with one attached hydrogen (secondary N) is 1. The predicted molar refractivity (Wildman–Crippen MR) is 111 cm³/mol. The molecule has 2 aliphatic heterocycles. The molecular weight excluding hydrogens is 422 g/mol. The summed E-state index contributed by atoms with van der Waals surface area (Å²) in [6, 6.07) is 7.90. The molecule has 5 rings (SSSR count). The van der Waals surface area contributed by atoms with Gasteiger partial charge >= 0.3 is 6.03 Å². The zero-order valence-electron chi connectivity index (χ0n) is 17.0. The Morgan fingerprint density at radius 3 is 2.61 bits per heavy atom. The molecule has 4 amide bonds. The Labute approximate surface area is 179 Å². The Kier molecular flexibility index (Phi) is 4.40. The molecule has 0 unspecified atom stereocenters. The molecule has 3 aliphatic rings. The van der Waals surface area contributed by atoms with E-state index in [1.165, 1.54) is 0 Å². The van der Waals surface area contributed by atoms with E-state index in [-0.39, 0.29) is 17.5 Å². The van der Waals surface area contributed by atoms with E-state index < -0.39 is 45.8 Å². The molecule has 10 heteroatoms. The summed E-state index contributed by atoms with van der Waals surface area (Å²) in [6.45, 7) is 1.13. The number of furan rings is 1. The third-order valence-corrected chi connectivity index (χ3v) is 8.07. The monoisotopic (exact) mass is 445 g/mol. The number of carbonyl (C=O) groups excluding carboxylic acids is 3. The van der Waals surface area contributed by atoms with E-state index in [0.29, 0.717) is 17.8 Å². The second kappa shape index (κ2) is 6.81. The van der Waals surface area contributed by atoms with Gasteiger partial charge in [0.2, 0.25) is 5.91 Å². The van der Waals surface area contributed by atoms with Crippen molar-refractivity contribution in [3.8, 4) is 0 Å². The number of amides is 4. The highest BCUT2D eigenvalue weighted by atomic mass is 32.2. The third kappa shape index (κ3) is 3.38. The summed E-state index contributed by atoms with van der Waals surface area (Å²) in [7, 11) is -3.16. The Morgan fingerprint density at radius 1 is 1.23 bits per heavy atom. The van der Waals surface area contributed by atoms with Crippen molar-refractivity contribution in [2.45, 2.75) is 43.8 Å². The van der Waals surface area contributed by atoms with Gasteiger partial charge in [0.05, 0.1) is 11.5 Å². The van der Waals surface area contributed by atoms with Crippen molar-refractivity contribution in [3.05, 3.63) is 36.1 Å². The Morgan fingerprint density at radius 2 is 1.97 bits per heavy atom. The molecule has 1 N–H and O–H groups in total. The first-order chi connectivity index (χ1) is 14.7. The largest absolute Gasteiger partial charge is 0.458 e. The molecule has 0 radical (unpaired) electrons. The number of sulfone groups is 1. The molecule has 0 spiro atoms. The third-order valence-electron chi connectivity index (χ3n) is 6.32. The van der Waals surface area contributed by atoms with Gasteiger partial charge in [0.15, 0.2) is 15.4 Å². The number of hydrogen-bond acceptors (Lipinski definition) is 6. The zero-order chi connectivity index (χ0) is 22.0. The van der Waals surface area contributed by atoms with Crippen molar-refractivity contribution in [2.24, 2.45) is 0 Å². The Hall–Kier alpha value is -2.88. The fraction of sp³-hybridized carbons (Fsp3) is 0.476. The Bertz CT molecular complexity index is 1170. The second-order valence-corrected chi connectivity index (χ2v) is 10.9. The summed E-state index contributed by atoms with van der Waals surface area (Å²) in [6.07, 6.45) is 2.00. The molecule has 2 atom stereocenters. The van der Waals surface area contributed by atoms with Crippen molar-refractivity contribution >= 4 is 38.7 Å². The molecule has 1 aromatic heterocycles. The van der Waals surface area contributed by atoms with Crippen LogP contribution in [0.5, 0.6) is 0 Å². The maximum Gasteiger partial charge on any atom is 0.325 e. The van der Waals surface area contributed by atoms with Gasteiger partial charge in [-0.15, -0.1) is 0 Å². The van der Waals surface area contributed by atoms with Crippen LogP contribution in [-0.4, -0.2) is 66.2 Å². The molecule has 1 aromatic carbocycles. The van der Waals surface area contributed by atoms with Crippen LogP contribution in [0.4, 0.5) is 4.79 Å². The minimum atomic E-state index is -3.16. The van der Waals surface area contributed by atoms with Crippen LogP contribution >= 0.6 is 0 Å². The number of imide groups is 1. The lowest BCUT2D eigenvalue weighted by Crippen LogP contribution is -2.49. The SMILES string of the molecule is C[C@@]1(c2cc3ccccc3o2)NC(=O)N(CC(=O)N(C2CC2)[C@H]2CCS(=O)(=O)C2)C1=O. The molecule has 9 nitrogen and oxygen atoms in total. The number of carbonyl (C=O) groups is 3. The van der Waals surface area contributed by atoms with Crippen molar-refractivity contribution in [1.29, 1.82) is 0 Å². The molecular formula is C21H23N3O6S. The normalized spacial score (nSPS) is 27.6. The van der Waals surface area contributed by atoms with E-state index in [4.69, 9.17) is 4.42 Å². The summed E-state index contributed by atoms with van der Waals surface area (Å²) >= 11 is 0. The predicted octanol–water partition coefficient (Wildman–Crippen LogP) is 1.38. The first kappa shape index (κ1) is 20.0. The van der Waals surface area contributed by atoms with Gasteiger partial charge in [-0.05, 0) is 38.3 Å². The summed E-state index contributed by atoms with van der Waals surface area (Å²) in [5.41, 5.74) is -0.824. The van der Waals surface area contributed by atoms with Crippen LogP contribution in [0.1, 0.15) is 31.9 Å². The van der Waals surface area contributed by atoms with Crippen molar-refractivity contribution in [2.75, 3.05) is 18.1 Å². The standard InChI is InChI=1S/C21H23N3O6S/c1-21(17-10-13-4-2-3-5-16(13)30-17)19(26)23(20(27)22-21)11-18(25)24(14-6-7-14)15-8-9-31(28,29)12-15/h2-5,10,14-15H,6-9,11-12H2,1H3,(H,22,27)/t15-,21-/m0/s1. The summed E-state index contributed by atoms with van der Waals surface area (Å²) in [5, 5.41) is 3.46. The smallest absolute Gasteiger partial charge is 0.325 e. The number of fused-ring (bicyclic) bond motifs is 1. The van der Waals surface area contributed by atoms with Crippen molar-refractivity contribution in [1.82, 2.24) is 15.1 Å². The van der Waals surface area contributed by atoms with Crippen LogP contribution in [-0.2, 0) is 25.0 Å². The minimum Gasteiger partial charge on any atom is -0.458 e. The van der Waals surface area contributed by atoms with Crippen LogP contribution in [0, 0.1) is 0 Å². The van der Waals surface area contributed by atoms with E-state index in [1.54, 1.807) is 24.0 Å². The van der Waals surface area contributed by atoms with Gasteiger partial charge in [0.25, 0.3) is 5.91 Å². The highest BCUT2D eigenvalue weighted by Gasteiger charge is 2.53. The average Bonchev–Trinajstić information content (AvgIpc) is 3.26. The number of rotatable bonds is 5. The zero-order valence-corrected chi connectivity index (χ0v) is 17.9. The summed E-state index contributed by atoms with van der Waals surface area (Å²) in [5.74, 6) is -0.683. The van der Waals surface area contributed by atoms with Gasteiger partial charge in [-0.3, -0.25) is 14.5 Å². The lowest BCUT2D eigenvalue weighted by Gasteiger charge is -2.29. The number of para-hydroxylation sites is 1. The molecule has 3 fully saturated rings. The second-order valence-electron chi connectivity index (χ2n) is 8.68. The van der Waals surface area contributed by atoms with Crippen LogP contribution in [0.15, 0.2) is 34.7 Å². The molecule has 1 saturated carbocycles. The highest BCUT2D eigenvalue weighted by Crippen LogP contribution is 2.35. The highest BCUT2D eigenvalue weighted by molar-refractivity contribution is 7.91. The first-order valence-electron chi connectivity index (χ1n) is 10.3. The Balaban J connectivity index is 1.37. The van der Waals surface area contributed by atoms with Gasteiger partial charge in [-0.1, -0.05) is 18.2 Å².